The first-order valence-corrected chi connectivity index (χ1v) is 5.87. The van der Waals surface area contributed by atoms with Gasteiger partial charge in [-0.25, -0.2) is 9.67 Å². The highest BCUT2D eigenvalue weighted by Crippen LogP contribution is 2.20. The maximum atomic E-state index is 11.0. The third-order valence-electron chi connectivity index (χ3n) is 3.02. The second-order valence-corrected chi connectivity index (χ2v) is 4.28. The van der Waals surface area contributed by atoms with E-state index >= 15 is 0 Å². The van der Waals surface area contributed by atoms with E-state index in [9.17, 15) is 4.79 Å². The number of nitrogens with zero attached hydrogens (tertiary/aromatic N) is 3. The van der Waals surface area contributed by atoms with E-state index in [2.05, 4.69) is 10.1 Å². The number of carbonyl (C=O) groups excluding carboxylic acids is 1. The minimum Gasteiger partial charge on any atom is -0.364 e. The Morgan fingerprint density at radius 1 is 1.21 bits per heavy atom. The molecule has 19 heavy (non-hydrogen) atoms. The highest BCUT2D eigenvalue weighted by atomic mass is 16.1. The number of hydrogen-bond acceptors (Lipinski definition) is 3. The van der Waals surface area contributed by atoms with Gasteiger partial charge >= 0.3 is 0 Å². The number of aryl methyl sites for hydroxylation is 1. The third-order valence-corrected chi connectivity index (χ3v) is 3.02. The summed E-state index contributed by atoms with van der Waals surface area (Å²) in [5.74, 6) is -0.534. The predicted octanol–water partition coefficient (Wildman–Crippen LogP) is 1.83. The van der Waals surface area contributed by atoms with E-state index < -0.39 is 5.91 Å². The van der Waals surface area contributed by atoms with Crippen LogP contribution in [0, 0.1) is 6.92 Å². The van der Waals surface area contributed by atoms with Crippen LogP contribution in [0.2, 0.25) is 0 Å². The van der Waals surface area contributed by atoms with Crippen LogP contribution in [-0.4, -0.2) is 20.7 Å². The Morgan fingerprint density at radius 2 is 2.00 bits per heavy atom. The molecule has 5 nitrogen and oxygen atoms in total. The van der Waals surface area contributed by atoms with Crippen molar-refractivity contribution in [2.45, 2.75) is 6.92 Å². The van der Waals surface area contributed by atoms with Crippen molar-refractivity contribution in [3.8, 4) is 5.69 Å². The van der Waals surface area contributed by atoms with Crippen molar-refractivity contribution in [2.24, 2.45) is 5.73 Å². The molecule has 3 aromatic rings. The first-order chi connectivity index (χ1) is 9.16. The summed E-state index contributed by atoms with van der Waals surface area (Å²) >= 11 is 0. The SMILES string of the molecule is Cc1nn(-c2ccc(C(N)=O)nc2)c2ccccc12. The molecule has 2 N–H and O–H groups in total. The quantitative estimate of drug-likeness (QED) is 0.756. The maximum Gasteiger partial charge on any atom is 0.267 e. The number of aromatic nitrogens is 3. The van der Waals surface area contributed by atoms with Crippen LogP contribution in [0.25, 0.3) is 16.6 Å². The second-order valence-electron chi connectivity index (χ2n) is 4.28. The van der Waals surface area contributed by atoms with Gasteiger partial charge in [-0.3, -0.25) is 4.79 Å². The van der Waals surface area contributed by atoms with Gasteiger partial charge in [0, 0.05) is 5.39 Å². The molecular formula is C14H12N4O. The van der Waals surface area contributed by atoms with E-state index in [0.717, 1.165) is 22.3 Å². The molecule has 94 valence electrons. The number of amides is 1. The summed E-state index contributed by atoms with van der Waals surface area (Å²) in [5.41, 5.74) is 8.18. The number of para-hydroxylation sites is 1. The second kappa shape index (κ2) is 4.20. The Labute approximate surface area is 109 Å². The molecule has 0 spiro atoms. The number of benzene rings is 1. The molecule has 2 aromatic heterocycles. The highest BCUT2D eigenvalue weighted by molar-refractivity contribution is 5.90. The Morgan fingerprint density at radius 3 is 2.68 bits per heavy atom. The lowest BCUT2D eigenvalue weighted by molar-refractivity contribution is 0.0995. The fourth-order valence-electron chi connectivity index (χ4n) is 2.08. The zero-order valence-electron chi connectivity index (χ0n) is 10.4. The molecule has 1 aromatic carbocycles. The van der Waals surface area contributed by atoms with E-state index in [1.54, 1.807) is 18.3 Å². The Kier molecular flexibility index (Phi) is 2.52. The molecule has 0 aliphatic rings. The maximum absolute atomic E-state index is 11.0. The van der Waals surface area contributed by atoms with Gasteiger partial charge in [0.2, 0.25) is 0 Å². The number of pyridine rings is 1. The number of nitrogens with two attached hydrogens (primary N) is 1. The zero-order valence-corrected chi connectivity index (χ0v) is 10.4. The molecule has 0 radical (unpaired) electrons. The Hall–Kier alpha value is -2.69. The average molecular weight is 252 g/mol. The van der Waals surface area contributed by atoms with Crippen molar-refractivity contribution < 1.29 is 4.79 Å². The molecule has 0 aliphatic heterocycles. The lowest BCUT2D eigenvalue weighted by atomic mass is 10.2. The minimum absolute atomic E-state index is 0.247. The van der Waals surface area contributed by atoms with Crippen LogP contribution in [0.5, 0.6) is 0 Å². The van der Waals surface area contributed by atoms with Gasteiger partial charge in [-0.05, 0) is 25.1 Å². The van der Waals surface area contributed by atoms with Gasteiger partial charge in [-0.2, -0.15) is 5.10 Å². The van der Waals surface area contributed by atoms with Crippen LogP contribution in [0.4, 0.5) is 0 Å². The summed E-state index contributed by atoms with van der Waals surface area (Å²) in [5, 5.41) is 5.59. The van der Waals surface area contributed by atoms with Crippen LogP contribution in [0.1, 0.15) is 16.2 Å². The van der Waals surface area contributed by atoms with Crippen LogP contribution in [0.15, 0.2) is 42.6 Å². The van der Waals surface area contributed by atoms with Crippen LogP contribution in [-0.2, 0) is 0 Å². The van der Waals surface area contributed by atoms with Crippen LogP contribution in [0.3, 0.4) is 0 Å². The molecule has 0 atom stereocenters. The molecule has 5 heteroatoms. The lowest BCUT2D eigenvalue weighted by Gasteiger charge is -2.03. The fraction of sp³-hybridized carbons (Fsp3) is 0.0714. The van der Waals surface area contributed by atoms with Crippen LogP contribution >= 0.6 is 0 Å². The van der Waals surface area contributed by atoms with Crippen molar-refractivity contribution in [1.29, 1.82) is 0 Å². The van der Waals surface area contributed by atoms with E-state index in [1.807, 2.05) is 35.9 Å². The fourth-order valence-corrected chi connectivity index (χ4v) is 2.08. The molecule has 2 heterocycles. The van der Waals surface area contributed by atoms with Crippen molar-refractivity contribution in [3.05, 3.63) is 54.0 Å². The number of fused-ring (bicyclic) bond motifs is 1. The summed E-state index contributed by atoms with van der Waals surface area (Å²) in [6, 6.07) is 11.4. The van der Waals surface area contributed by atoms with E-state index in [0.29, 0.717) is 0 Å². The molecule has 0 saturated heterocycles. The lowest BCUT2D eigenvalue weighted by Crippen LogP contribution is -2.13. The van der Waals surface area contributed by atoms with Crippen molar-refractivity contribution in [1.82, 2.24) is 14.8 Å². The zero-order chi connectivity index (χ0) is 13.4. The molecule has 0 aliphatic carbocycles. The normalized spacial score (nSPS) is 10.8. The summed E-state index contributed by atoms with van der Waals surface area (Å²) in [7, 11) is 0. The summed E-state index contributed by atoms with van der Waals surface area (Å²) in [6.45, 7) is 1.96. The summed E-state index contributed by atoms with van der Waals surface area (Å²) in [6.07, 6.45) is 1.60. The number of primary amides is 1. The summed E-state index contributed by atoms with van der Waals surface area (Å²) < 4.78 is 1.81. The smallest absolute Gasteiger partial charge is 0.267 e. The molecule has 0 bridgehead atoms. The van der Waals surface area contributed by atoms with E-state index in [4.69, 9.17) is 5.73 Å². The van der Waals surface area contributed by atoms with Gasteiger partial charge in [-0.15, -0.1) is 0 Å². The summed E-state index contributed by atoms with van der Waals surface area (Å²) in [4.78, 5) is 15.0. The van der Waals surface area contributed by atoms with Crippen molar-refractivity contribution >= 4 is 16.8 Å². The largest absolute Gasteiger partial charge is 0.364 e. The van der Waals surface area contributed by atoms with Crippen molar-refractivity contribution in [2.75, 3.05) is 0 Å². The first-order valence-electron chi connectivity index (χ1n) is 5.87. The van der Waals surface area contributed by atoms with Gasteiger partial charge < -0.3 is 5.73 Å². The van der Waals surface area contributed by atoms with Gasteiger partial charge in [0.25, 0.3) is 5.91 Å². The Balaban J connectivity index is 2.16. The average Bonchev–Trinajstić information content (AvgIpc) is 2.77. The number of rotatable bonds is 2. The molecular weight excluding hydrogens is 240 g/mol. The standard InChI is InChI=1S/C14H12N4O/c1-9-11-4-2-3-5-13(11)18(17-9)10-6-7-12(14(15)19)16-8-10/h2-8H,1H3,(H2,15,19). The van der Waals surface area contributed by atoms with Gasteiger partial charge in [0.05, 0.1) is 23.1 Å². The van der Waals surface area contributed by atoms with Gasteiger partial charge in [0.1, 0.15) is 5.69 Å². The topological polar surface area (TPSA) is 73.8 Å². The molecule has 0 saturated carbocycles. The highest BCUT2D eigenvalue weighted by Gasteiger charge is 2.09. The minimum atomic E-state index is -0.534. The van der Waals surface area contributed by atoms with E-state index in [-0.39, 0.29) is 5.69 Å². The molecule has 0 fully saturated rings. The molecule has 1 amide bonds. The third kappa shape index (κ3) is 1.85. The van der Waals surface area contributed by atoms with Crippen molar-refractivity contribution in [3.63, 3.8) is 0 Å². The van der Waals surface area contributed by atoms with Crippen LogP contribution < -0.4 is 5.73 Å². The first kappa shape index (κ1) is 11.4. The molecule has 0 unspecified atom stereocenters. The van der Waals surface area contributed by atoms with Gasteiger partial charge in [0.15, 0.2) is 0 Å². The number of carbonyl (C=O) groups is 1. The molecule has 3 rings (SSSR count). The van der Waals surface area contributed by atoms with Gasteiger partial charge in [-0.1, -0.05) is 18.2 Å². The van der Waals surface area contributed by atoms with E-state index in [1.165, 1.54) is 0 Å². The Bertz CT molecular complexity index is 759. The monoisotopic (exact) mass is 252 g/mol. The number of hydrogen-bond donors (Lipinski definition) is 1. The predicted molar refractivity (Wildman–Crippen MR) is 72.1 cm³/mol.